The summed E-state index contributed by atoms with van der Waals surface area (Å²) in [6.07, 6.45) is 3.17. The molecule has 4 nitrogen and oxygen atoms in total. The molecule has 5 rings (SSSR count). The van der Waals surface area contributed by atoms with Crippen LogP contribution in [0.25, 0.3) is 0 Å². The number of alkyl halides is 4. The summed E-state index contributed by atoms with van der Waals surface area (Å²) < 4.78 is 70.8. The zero-order chi connectivity index (χ0) is 16.5. The Labute approximate surface area is 131 Å². The minimum Gasteiger partial charge on any atom is -0.371 e. The highest BCUT2D eigenvalue weighted by atomic mass is 19.3. The predicted molar refractivity (Wildman–Crippen MR) is 69.0 cm³/mol. The van der Waals surface area contributed by atoms with E-state index in [0.29, 0.717) is 31.6 Å². The number of halogens is 4. The monoisotopic (exact) mass is 340 g/mol. The maximum atomic E-state index is 13.6. The first-order chi connectivity index (χ1) is 10.7. The lowest BCUT2D eigenvalue weighted by atomic mass is 9.51. The van der Waals surface area contributed by atoms with Gasteiger partial charge in [-0.3, -0.25) is 0 Å². The summed E-state index contributed by atoms with van der Waals surface area (Å²) in [6.45, 7) is -3.06. The molecule has 0 amide bonds. The summed E-state index contributed by atoms with van der Waals surface area (Å²) in [4.78, 5) is 0. The number of aliphatic hydroxyl groups is 1. The molecule has 0 aromatic heterocycles. The molecule has 1 N–H and O–H groups in total. The average Bonchev–Trinajstić information content (AvgIpc) is 2.53. The zero-order valence-corrected chi connectivity index (χ0v) is 12.6. The van der Waals surface area contributed by atoms with Crippen LogP contribution in [-0.2, 0) is 14.2 Å². The van der Waals surface area contributed by atoms with Crippen LogP contribution >= 0.6 is 0 Å². The molecule has 0 aromatic carbocycles. The summed E-state index contributed by atoms with van der Waals surface area (Å²) in [5.41, 5.74) is -0.499. The van der Waals surface area contributed by atoms with Crippen LogP contribution < -0.4 is 0 Å². The second kappa shape index (κ2) is 4.80. The minimum atomic E-state index is -4.23. The van der Waals surface area contributed by atoms with Crippen LogP contribution in [0, 0.1) is 17.8 Å². The van der Waals surface area contributed by atoms with Gasteiger partial charge in [0, 0.05) is 11.8 Å². The van der Waals surface area contributed by atoms with Crippen molar-refractivity contribution in [2.45, 2.75) is 55.3 Å². The van der Waals surface area contributed by atoms with Crippen LogP contribution in [0.3, 0.4) is 0 Å². The fourth-order valence-electron chi connectivity index (χ4n) is 5.30. The second-order valence-corrected chi connectivity index (χ2v) is 7.51. The van der Waals surface area contributed by atoms with Crippen molar-refractivity contribution in [3.63, 3.8) is 0 Å². The fourth-order valence-corrected chi connectivity index (χ4v) is 5.30. The van der Waals surface area contributed by atoms with Crippen LogP contribution in [0.15, 0.2) is 0 Å². The van der Waals surface area contributed by atoms with Crippen LogP contribution in [0.5, 0.6) is 0 Å². The second-order valence-electron chi connectivity index (χ2n) is 7.51. The Balaban J connectivity index is 1.63. The van der Waals surface area contributed by atoms with Gasteiger partial charge in [-0.2, -0.15) is 17.6 Å². The molecule has 1 heterocycles. The summed E-state index contributed by atoms with van der Waals surface area (Å²) in [5.74, 6) is -10.0. The highest BCUT2D eigenvalue weighted by Gasteiger charge is 2.69. The third-order valence-electron chi connectivity index (χ3n) is 6.14. The average molecular weight is 340 g/mol. The molecule has 8 heteroatoms. The topological polar surface area (TPSA) is 47.9 Å². The molecule has 2 unspecified atom stereocenters. The number of ether oxygens (including phenoxy) is 3. The lowest BCUT2D eigenvalue weighted by Gasteiger charge is -2.63. The van der Waals surface area contributed by atoms with E-state index in [2.05, 4.69) is 0 Å². The standard InChI is InChI=1S/C15H20F4O4/c16-13(17)6-21-15(22-7-14(13,18)19)10-1-9-2-11(15)5-12(3-9,4-10)23-8-20/h9-11,20H,1-8H2. The quantitative estimate of drug-likeness (QED) is 0.620. The van der Waals surface area contributed by atoms with E-state index in [1.54, 1.807) is 0 Å². The Bertz CT molecular complexity index is 462. The van der Waals surface area contributed by atoms with Gasteiger partial charge in [-0.1, -0.05) is 0 Å². The van der Waals surface area contributed by atoms with E-state index >= 15 is 0 Å². The Kier molecular flexibility index (Phi) is 3.35. The summed E-state index contributed by atoms with van der Waals surface area (Å²) >= 11 is 0. The molecule has 2 atom stereocenters. The van der Waals surface area contributed by atoms with Crippen LogP contribution in [0.1, 0.15) is 32.1 Å². The molecule has 132 valence electrons. The van der Waals surface area contributed by atoms with E-state index in [9.17, 15) is 17.6 Å². The number of hydrogen-bond acceptors (Lipinski definition) is 4. The van der Waals surface area contributed by atoms with Crippen molar-refractivity contribution < 1.29 is 36.9 Å². The van der Waals surface area contributed by atoms with Crippen molar-refractivity contribution in [3.05, 3.63) is 0 Å². The van der Waals surface area contributed by atoms with Crippen LogP contribution in [0.2, 0.25) is 0 Å². The molecule has 1 aliphatic heterocycles. The van der Waals surface area contributed by atoms with Crippen LogP contribution in [-0.4, -0.2) is 48.3 Å². The molecule has 1 spiro atoms. The van der Waals surface area contributed by atoms with Gasteiger partial charge < -0.3 is 19.3 Å². The lowest BCUT2D eigenvalue weighted by Crippen LogP contribution is -2.66. The van der Waals surface area contributed by atoms with Crippen molar-refractivity contribution in [2.24, 2.45) is 17.8 Å². The Morgan fingerprint density at radius 2 is 1.43 bits per heavy atom. The summed E-state index contributed by atoms with van der Waals surface area (Å²) in [7, 11) is 0. The van der Waals surface area contributed by atoms with Gasteiger partial charge in [0.1, 0.15) is 20.0 Å². The van der Waals surface area contributed by atoms with E-state index in [1.165, 1.54) is 0 Å². The van der Waals surface area contributed by atoms with Crippen molar-refractivity contribution in [3.8, 4) is 0 Å². The Morgan fingerprint density at radius 1 is 0.913 bits per heavy atom. The molecule has 4 aliphatic carbocycles. The van der Waals surface area contributed by atoms with Crippen LogP contribution in [0.4, 0.5) is 17.6 Å². The van der Waals surface area contributed by atoms with Gasteiger partial charge in [-0.25, -0.2) is 0 Å². The first-order valence-electron chi connectivity index (χ1n) is 8.00. The molecule has 1 saturated heterocycles. The molecular formula is C15H20F4O4. The largest absolute Gasteiger partial charge is 0.371 e. The Morgan fingerprint density at radius 3 is 1.91 bits per heavy atom. The van der Waals surface area contributed by atoms with Crippen molar-refractivity contribution in [1.29, 1.82) is 0 Å². The van der Waals surface area contributed by atoms with Gasteiger partial charge in [0.15, 0.2) is 5.79 Å². The van der Waals surface area contributed by atoms with E-state index < -0.39 is 43.2 Å². The van der Waals surface area contributed by atoms with E-state index in [4.69, 9.17) is 19.3 Å². The predicted octanol–water partition coefficient (Wildman–Crippen LogP) is 2.55. The van der Waals surface area contributed by atoms with E-state index in [-0.39, 0.29) is 11.8 Å². The zero-order valence-electron chi connectivity index (χ0n) is 12.6. The number of aliphatic hydroxyl groups excluding tert-OH is 1. The highest BCUT2D eigenvalue weighted by molar-refractivity contribution is 5.11. The molecule has 0 aromatic rings. The maximum Gasteiger partial charge on any atom is 0.335 e. The van der Waals surface area contributed by atoms with Gasteiger partial charge in [0.2, 0.25) is 0 Å². The van der Waals surface area contributed by atoms with Crippen molar-refractivity contribution in [1.82, 2.24) is 0 Å². The number of hydrogen-bond donors (Lipinski definition) is 1. The molecule has 5 aliphatic rings. The van der Waals surface area contributed by atoms with Gasteiger partial charge in [-0.05, 0) is 38.0 Å². The highest BCUT2D eigenvalue weighted by Crippen LogP contribution is 2.63. The molecule has 23 heavy (non-hydrogen) atoms. The first-order valence-corrected chi connectivity index (χ1v) is 8.00. The van der Waals surface area contributed by atoms with Crippen molar-refractivity contribution in [2.75, 3.05) is 20.0 Å². The molecule has 4 bridgehead atoms. The van der Waals surface area contributed by atoms with Gasteiger partial charge in [-0.15, -0.1) is 0 Å². The van der Waals surface area contributed by atoms with Gasteiger partial charge in [0.05, 0.1) is 5.60 Å². The normalized spacial score (nSPS) is 46.0. The smallest absolute Gasteiger partial charge is 0.335 e. The first kappa shape index (κ1) is 16.1. The number of rotatable bonds is 2. The van der Waals surface area contributed by atoms with Gasteiger partial charge >= 0.3 is 11.8 Å². The molecule has 0 radical (unpaired) electrons. The fraction of sp³-hybridized carbons (Fsp3) is 1.00. The Hall–Kier alpha value is -0.440. The third kappa shape index (κ3) is 2.18. The third-order valence-corrected chi connectivity index (χ3v) is 6.14. The minimum absolute atomic E-state index is 0.259. The lowest BCUT2D eigenvalue weighted by molar-refractivity contribution is -0.361. The van der Waals surface area contributed by atoms with Gasteiger partial charge in [0.25, 0.3) is 0 Å². The summed E-state index contributed by atoms with van der Waals surface area (Å²) in [6, 6.07) is 0. The summed E-state index contributed by atoms with van der Waals surface area (Å²) in [5, 5.41) is 9.13. The van der Waals surface area contributed by atoms with Crippen molar-refractivity contribution >= 4 is 0 Å². The molecule has 4 saturated carbocycles. The SMILES string of the molecule is OCOC12CC3CC(C1)C1(OCC(F)(F)C(F)(F)CO1)C(C3)C2. The van der Waals surface area contributed by atoms with E-state index in [1.807, 2.05) is 0 Å². The molecule has 5 fully saturated rings. The van der Waals surface area contributed by atoms with E-state index in [0.717, 1.165) is 6.42 Å². The molecular weight excluding hydrogens is 320 g/mol. The maximum absolute atomic E-state index is 13.6.